The summed E-state index contributed by atoms with van der Waals surface area (Å²) in [6.07, 6.45) is 1.57. The molecule has 0 atom stereocenters. The highest BCUT2D eigenvalue weighted by Crippen LogP contribution is 2.30. The molecule has 0 fully saturated rings. The average Bonchev–Trinajstić information content (AvgIpc) is 2.66. The van der Waals surface area contributed by atoms with Crippen molar-refractivity contribution >= 4 is 28.4 Å². The van der Waals surface area contributed by atoms with E-state index in [1.54, 1.807) is 25.3 Å². The number of benzene rings is 3. The second-order valence-corrected chi connectivity index (χ2v) is 5.39. The lowest BCUT2D eigenvalue weighted by Gasteiger charge is -2.10. The second-order valence-electron chi connectivity index (χ2n) is 5.39. The molecular weight excluding hydrogens is 312 g/mol. The lowest BCUT2D eigenvalue weighted by atomic mass is 10.0. The lowest BCUT2D eigenvalue weighted by molar-refractivity contribution is -0.112. The molecule has 25 heavy (non-hydrogen) atoms. The number of methoxy groups -OCH3 is 1. The highest BCUT2D eigenvalue weighted by atomic mass is 16.5. The van der Waals surface area contributed by atoms with Gasteiger partial charge in [0.1, 0.15) is 17.4 Å². The zero-order valence-corrected chi connectivity index (χ0v) is 13.7. The minimum Gasteiger partial charge on any atom is -0.496 e. The Labute approximate surface area is 146 Å². The Hall–Kier alpha value is -3.58. The summed E-state index contributed by atoms with van der Waals surface area (Å²) in [5, 5.41) is 14.1. The van der Waals surface area contributed by atoms with E-state index in [2.05, 4.69) is 5.32 Å². The van der Waals surface area contributed by atoms with Crippen molar-refractivity contribution in [1.29, 1.82) is 5.26 Å². The summed E-state index contributed by atoms with van der Waals surface area (Å²) >= 11 is 0. The van der Waals surface area contributed by atoms with Crippen LogP contribution >= 0.6 is 0 Å². The molecule has 1 N–H and O–H groups in total. The summed E-state index contributed by atoms with van der Waals surface area (Å²) in [5.74, 6) is 0.155. The first-order valence-electron chi connectivity index (χ1n) is 7.77. The summed E-state index contributed by atoms with van der Waals surface area (Å²) in [7, 11) is 1.57. The van der Waals surface area contributed by atoms with Gasteiger partial charge in [-0.3, -0.25) is 4.79 Å². The zero-order valence-electron chi connectivity index (χ0n) is 13.7. The molecule has 0 saturated heterocycles. The van der Waals surface area contributed by atoms with Crippen LogP contribution in [0, 0.1) is 11.3 Å². The third kappa shape index (κ3) is 3.51. The van der Waals surface area contributed by atoms with Crippen LogP contribution in [-0.2, 0) is 4.79 Å². The van der Waals surface area contributed by atoms with Gasteiger partial charge in [-0.15, -0.1) is 0 Å². The van der Waals surface area contributed by atoms with Crippen molar-refractivity contribution in [2.45, 2.75) is 0 Å². The minimum atomic E-state index is -0.455. The SMILES string of the molecule is COc1ccc2ccccc2c1/C=C(\C#N)C(=O)Nc1ccccc1. The molecule has 3 aromatic rings. The highest BCUT2D eigenvalue weighted by Gasteiger charge is 2.13. The summed E-state index contributed by atoms with van der Waals surface area (Å²) in [5.41, 5.74) is 1.36. The number of rotatable bonds is 4. The molecule has 122 valence electrons. The van der Waals surface area contributed by atoms with Gasteiger partial charge in [0.2, 0.25) is 0 Å². The lowest BCUT2D eigenvalue weighted by Crippen LogP contribution is -2.13. The zero-order chi connectivity index (χ0) is 17.6. The van der Waals surface area contributed by atoms with E-state index in [0.717, 1.165) is 10.8 Å². The number of fused-ring (bicyclic) bond motifs is 1. The smallest absolute Gasteiger partial charge is 0.266 e. The molecule has 0 spiro atoms. The van der Waals surface area contributed by atoms with Gasteiger partial charge >= 0.3 is 0 Å². The maximum absolute atomic E-state index is 12.4. The molecule has 0 radical (unpaired) electrons. The van der Waals surface area contributed by atoms with Gasteiger partial charge in [-0.2, -0.15) is 5.26 Å². The van der Waals surface area contributed by atoms with E-state index >= 15 is 0 Å². The molecule has 0 unspecified atom stereocenters. The van der Waals surface area contributed by atoms with Crippen molar-refractivity contribution in [3.63, 3.8) is 0 Å². The number of anilines is 1. The number of carbonyl (C=O) groups excluding carboxylic acids is 1. The Morgan fingerprint density at radius 3 is 2.48 bits per heavy atom. The Bertz CT molecular complexity index is 986. The van der Waals surface area contributed by atoms with Gasteiger partial charge in [-0.25, -0.2) is 0 Å². The largest absolute Gasteiger partial charge is 0.496 e. The molecular formula is C21H16N2O2. The molecule has 0 bridgehead atoms. The van der Waals surface area contributed by atoms with Crippen LogP contribution in [0.15, 0.2) is 72.3 Å². The Morgan fingerprint density at radius 1 is 1.04 bits per heavy atom. The van der Waals surface area contributed by atoms with E-state index in [0.29, 0.717) is 17.0 Å². The molecule has 0 aliphatic carbocycles. The van der Waals surface area contributed by atoms with E-state index in [4.69, 9.17) is 4.74 Å². The van der Waals surface area contributed by atoms with E-state index in [9.17, 15) is 10.1 Å². The molecule has 0 heterocycles. The van der Waals surface area contributed by atoms with Gasteiger partial charge in [0.15, 0.2) is 0 Å². The molecule has 0 aromatic heterocycles. The third-order valence-corrected chi connectivity index (χ3v) is 3.84. The fourth-order valence-electron chi connectivity index (χ4n) is 2.62. The monoisotopic (exact) mass is 328 g/mol. The third-order valence-electron chi connectivity index (χ3n) is 3.84. The number of hydrogen-bond donors (Lipinski definition) is 1. The van der Waals surface area contributed by atoms with Crippen LogP contribution in [0.25, 0.3) is 16.8 Å². The number of ether oxygens (including phenoxy) is 1. The summed E-state index contributed by atoms with van der Waals surface area (Å²) < 4.78 is 5.41. The number of para-hydroxylation sites is 1. The summed E-state index contributed by atoms with van der Waals surface area (Å²) in [4.78, 5) is 12.4. The summed E-state index contributed by atoms with van der Waals surface area (Å²) in [6.45, 7) is 0. The number of nitrogens with zero attached hydrogens (tertiary/aromatic N) is 1. The molecule has 4 nitrogen and oxygen atoms in total. The first kappa shape index (κ1) is 16.3. The van der Waals surface area contributed by atoms with Crippen molar-refractivity contribution < 1.29 is 9.53 Å². The van der Waals surface area contributed by atoms with E-state index in [1.165, 1.54) is 0 Å². The van der Waals surface area contributed by atoms with Crippen molar-refractivity contribution in [1.82, 2.24) is 0 Å². The predicted molar refractivity (Wildman–Crippen MR) is 99.2 cm³/mol. The molecule has 0 aliphatic rings. The van der Waals surface area contributed by atoms with Crippen molar-refractivity contribution in [2.75, 3.05) is 12.4 Å². The highest BCUT2D eigenvalue weighted by molar-refractivity contribution is 6.11. The topological polar surface area (TPSA) is 62.1 Å². The summed E-state index contributed by atoms with van der Waals surface area (Å²) in [6, 6.07) is 22.6. The van der Waals surface area contributed by atoms with Crippen molar-refractivity contribution in [2.24, 2.45) is 0 Å². The fourth-order valence-corrected chi connectivity index (χ4v) is 2.62. The molecule has 1 amide bonds. The molecule has 0 aliphatic heterocycles. The first-order chi connectivity index (χ1) is 12.2. The van der Waals surface area contributed by atoms with Crippen molar-refractivity contribution in [3.05, 3.63) is 77.9 Å². The van der Waals surface area contributed by atoms with Crippen LogP contribution in [0.1, 0.15) is 5.56 Å². The Kier molecular flexibility index (Phi) is 4.77. The molecule has 0 saturated carbocycles. The van der Waals surface area contributed by atoms with Gasteiger partial charge in [-0.1, -0.05) is 48.5 Å². The standard InChI is InChI=1S/C21H16N2O2/c1-25-20-12-11-15-7-5-6-10-18(15)19(20)13-16(14-22)21(24)23-17-8-3-2-4-9-17/h2-13H,1H3,(H,23,24)/b16-13+. The van der Waals surface area contributed by atoms with E-state index in [-0.39, 0.29) is 5.57 Å². The number of carbonyl (C=O) groups is 1. The van der Waals surface area contributed by atoms with Crippen molar-refractivity contribution in [3.8, 4) is 11.8 Å². The van der Waals surface area contributed by atoms with Gasteiger partial charge < -0.3 is 10.1 Å². The van der Waals surface area contributed by atoms with Crippen LogP contribution in [0.5, 0.6) is 5.75 Å². The van der Waals surface area contributed by atoms with Gasteiger partial charge in [0, 0.05) is 11.3 Å². The van der Waals surface area contributed by atoms with Crippen LogP contribution in [0.4, 0.5) is 5.69 Å². The number of amides is 1. The van der Waals surface area contributed by atoms with Gasteiger partial charge in [0.05, 0.1) is 7.11 Å². The normalized spacial score (nSPS) is 11.0. The minimum absolute atomic E-state index is 0.0125. The molecule has 4 heteroatoms. The maximum atomic E-state index is 12.4. The Balaban J connectivity index is 2.04. The quantitative estimate of drug-likeness (QED) is 0.570. The van der Waals surface area contributed by atoms with E-state index in [1.807, 2.05) is 60.7 Å². The average molecular weight is 328 g/mol. The van der Waals surface area contributed by atoms with Crippen LogP contribution in [-0.4, -0.2) is 13.0 Å². The fraction of sp³-hybridized carbons (Fsp3) is 0.0476. The number of nitriles is 1. The number of hydrogen-bond acceptors (Lipinski definition) is 3. The number of nitrogens with one attached hydrogen (secondary N) is 1. The molecule has 3 rings (SSSR count). The molecule has 3 aromatic carbocycles. The first-order valence-corrected chi connectivity index (χ1v) is 7.77. The van der Waals surface area contributed by atoms with Crippen LogP contribution in [0.2, 0.25) is 0 Å². The van der Waals surface area contributed by atoms with Crippen LogP contribution < -0.4 is 10.1 Å². The predicted octanol–water partition coefficient (Wildman–Crippen LogP) is 4.39. The van der Waals surface area contributed by atoms with Gasteiger partial charge in [0.25, 0.3) is 5.91 Å². The maximum Gasteiger partial charge on any atom is 0.266 e. The second kappa shape index (κ2) is 7.33. The van der Waals surface area contributed by atoms with Crippen LogP contribution in [0.3, 0.4) is 0 Å². The van der Waals surface area contributed by atoms with Gasteiger partial charge in [-0.05, 0) is 35.0 Å². The van der Waals surface area contributed by atoms with E-state index < -0.39 is 5.91 Å². The Morgan fingerprint density at radius 2 is 1.76 bits per heavy atom.